The molecule has 0 heterocycles. The second-order valence-electron chi connectivity index (χ2n) is 2.84. The Morgan fingerprint density at radius 2 is 2.29 bits per heavy atom. The van der Waals surface area contributed by atoms with Crippen LogP contribution in [0.1, 0.15) is 19.8 Å². The number of rotatable bonds is 4. The highest BCUT2D eigenvalue weighted by atomic mass is 19.1. The van der Waals surface area contributed by atoms with E-state index in [1.165, 1.54) is 12.1 Å². The molecular formula is C12H13FO. The van der Waals surface area contributed by atoms with Gasteiger partial charge in [-0.2, -0.15) is 0 Å². The first-order valence-corrected chi connectivity index (χ1v) is 4.61. The van der Waals surface area contributed by atoms with Crippen molar-refractivity contribution >= 4 is 0 Å². The largest absolute Gasteiger partial charge is 0.493 e. The molecule has 0 N–H and O–H groups in total. The maximum Gasteiger partial charge on any atom is 0.126 e. The van der Waals surface area contributed by atoms with E-state index >= 15 is 0 Å². The van der Waals surface area contributed by atoms with Gasteiger partial charge in [0.1, 0.15) is 11.6 Å². The molecule has 0 aromatic heterocycles. The molecule has 1 nitrogen and oxygen atoms in total. The normalized spacial score (nSPS) is 9.00. The van der Waals surface area contributed by atoms with Gasteiger partial charge in [-0.1, -0.05) is 6.07 Å². The molecule has 0 radical (unpaired) electrons. The summed E-state index contributed by atoms with van der Waals surface area (Å²) < 4.78 is 18.0. The van der Waals surface area contributed by atoms with Crippen molar-refractivity contribution in [1.82, 2.24) is 0 Å². The first-order chi connectivity index (χ1) is 6.83. The molecule has 0 amide bonds. The standard InChI is InChI=1S/C12H13FO/c1-2-3-4-5-9-14-12-8-6-7-11(13)10-12/h6-8,10H,4-5,9H2,1H3. The van der Waals surface area contributed by atoms with Crippen LogP contribution in [0.4, 0.5) is 4.39 Å². The van der Waals surface area contributed by atoms with Gasteiger partial charge in [-0.05, 0) is 25.5 Å². The van der Waals surface area contributed by atoms with Gasteiger partial charge in [0.25, 0.3) is 0 Å². The Balaban J connectivity index is 2.27. The van der Waals surface area contributed by atoms with Gasteiger partial charge in [0.05, 0.1) is 6.61 Å². The van der Waals surface area contributed by atoms with Gasteiger partial charge in [0.2, 0.25) is 0 Å². The summed E-state index contributed by atoms with van der Waals surface area (Å²) in [7, 11) is 0. The molecule has 0 saturated heterocycles. The van der Waals surface area contributed by atoms with Crippen molar-refractivity contribution in [3.8, 4) is 17.6 Å². The van der Waals surface area contributed by atoms with E-state index in [4.69, 9.17) is 4.74 Å². The maximum atomic E-state index is 12.7. The fourth-order valence-electron chi connectivity index (χ4n) is 1.03. The molecule has 0 aliphatic rings. The van der Waals surface area contributed by atoms with Crippen LogP contribution >= 0.6 is 0 Å². The Bertz CT molecular complexity index is 336. The first kappa shape index (κ1) is 10.6. The monoisotopic (exact) mass is 192 g/mol. The quantitative estimate of drug-likeness (QED) is 0.526. The van der Waals surface area contributed by atoms with E-state index in [2.05, 4.69) is 11.8 Å². The second-order valence-corrected chi connectivity index (χ2v) is 2.84. The SMILES string of the molecule is CC#CCCCOc1cccc(F)c1. The van der Waals surface area contributed by atoms with E-state index in [-0.39, 0.29) is 5.82 Å². The number of hydrogen-bond acceptors (Lipinski definition) is 1. The summed E-state index contributed by atoms with van der Waals surface area (Å²) in [6.07, 6.45) is 1.70. The van der Waals surface area contributed by atoms with E-state index in [0.29, 0.717) is 12.4 Å². The summed E-state index contributed by atoms with van der Waals surface area (Å²) >= 11 is 0. The third-order valence-corrected chi connectivity index (χ3v) is 1.69. The minimum atomic E-state index is -0.268. The molecule has 14 heavy (non-hydrogen) atoms. The Hall–Kier alpha value is -1.49. The van der Waals surface area contributed by atoms with E-state index < -0.39 is 0 Å². The fourth-order valence-corrected chi connectivity index (χ4v) is 1.03. The molecule has 0 fully saturated rings. The van der Waals surface area contributed by atoms with Crippen LogP contribution in [-0.4, -0.2) is 6.61 Å². The Morgan fingerprint density at radius 3 is 3.00 bits per heavy atom. The van der Waals surface area contributed by atoms with E-state index in [1.54, 1.807) is 12.1 Å². The lowest BCUT2D eigenvalue weighted by atomic mass is 10.3. The van der Waals surface area contributed by atoms with Crippen LogP contribution in [-0.2, 0) is 0 Å². The third-order valence-electron chi connectivity index (χ3n) is 1.69. The lowest BCUT2D eigenvalue weighted by molar-refractivity contribution is 0.311. The zero-order valence-corrected chi connectivity index (χ0v) is 8.22. The zero-order chi connectivity index (χ0) is 10.2. The number of halogens is 1. The van der Waals surface area contributed by atoms with E-state index in [1.807, 2.05) is 6.92 Å². The Labute approximate surface area is 83.9 Å². The van der Waals surface area contributed by atoms with Gasteiger partial charge in [-0.3, -0.25) is 0 Å². The predicted octanol–water partition coefficient (Wildman–Crippen LogP) is 3.01. The maximum absolute atomic E-state index is 12.7. The van der Waals surface area contributed by atoms with E-state index in [9.17, 15) is 4.39 Å². The lowest BCUT2D eigenvalue weighted by Gasteiger charge is -2.03. The van der Waals surface area contributed by atoms with Crippen molar-refractivity contribution in [3.05, 3.63) is 30.1 Å². The van der Waals surface area contributed by atoms with Crippen LogP contribution in [0.5, 0.6) is 5.75 Å². The molecule has 0 bridgehead atoms. The van der Waals surface area contributed by atoms with Crippen molar-refractivity contribution in [1.29, 1.82) is 0 Å². The first-order valence-electron chi connectivity index (χ1n) is 4.61. The number of unbranched alkanes of at least 4 members (excludes halogenated alkanes) is 1. The molecule has 0 spiro atoms. The van der Waals surface area contributed by atoms with Gasteiger partial charge in [-0.15, -0.1) is 11.8 Å². The molecule has 1 aromatic carbocycles. The summed E-state index contributed by atoms with van der Waals surface area (Å²) in [6, 6.07) is 6.16. The highest BCUT2D eigenvalue weighted by Crippen LogP contribution is 2.12. The minimum Gasteiger partial charge on any atom is -0.493 e. The van der Waals surface area contributed by atoms with Crippen LogP contribution in [0.2, 0.25) is 0 Å². The molecule has 0 atom stereocenters. The molecule has 2 heteroatoms. The molecule has 74 valence electrons. The van der Waals surface area contributed by atoms with Gasteiger partial charge in [0.15, 0.2) is 0 Å². The molecule has 1 aromatic rings. The van der Waals surface area contributed by atoms with Gasteiger partial charge in [0, 0.05) is 12.5 Å². The van der Waals surface area contributed by atoms with Crippen LogP contribution in [0.15, 0.2) is 24.3 Å². The second kappa shape index (κ2) is 6.04. The molecule has 1 rings (SSSR count). The lowest BCUT2D eigenvalue weighted by Crippen LogP contribution is -1.96. The topological polar surface area (TPSA) is 9.23 Å². The molecular weight excluding hydrogens is 179 g/mol. The summed E-state index contributed by atoms with van der Waals surface area (Å²) in [4.78, 5) is 0. The highest BCUT2D eigenvalue weighted by Gasteiger charge is 1.94. The van der Waals surface area contributed by atoms with Gasteiger partial charge in [-0.25, -0.2) is 4.39 Å². The molecule has 0 saturated carbocycles. The molecule has 0 unspecified atom stereocenters. The van der Waals surface area contributed by atoms with Crippen LogP contribution in [0.3, 0.4) is 0 Å². The van der Waals surface area contributed by atoms with Crippen molar-refractivity contribution < 1.29 is 9.13 Å². The van der Waals surface area contributed by atoms with Crippen molar-refractivity contribution in [2.24, 2.45) is 0 Å². The summed E-state index contributed by atoms with van der Waals surface area (Å²) in [5.74, 6) is 6.06. The summed E-state index contributed by atoms with van der Waals surface area (Å²) in [6.45, 7) is 2.39. The Morgan fingerprint density at radius 1 is 1.43 bits per heavy atom. The van der Waals surface area contributed by atoms with Crippen molar-refractivity contribution in [2.45, 2.75) is 19.8 Å². The Kier molecular flexibility index (Phi) is 4.57. The number of benzene rings is 1. The summed E-state index contributed by atoms with van der Waals surface area (Å²) in [5, 5.41) is 0. The highest BCUT2D eigenvalue weighted by molar-refractivity contribution is 5.22. The van der Waals surface area contributed by atoms with E-state index in [0.717, 1.165) is 12.8 Å². The number of hydrogen-bond donors (Lipinski definition) is 0. The molecule has 0 aliphatic heterocycles. The summed E-state index contributed by atoms with van der Waals surface area (Å²) in [5.41, 5.74) is 0. The number of ether oxygens (including phenoxy) is 1. The average molecular weight is 192 g/mol. The minimum absolute atomic E-state index is 0.268. The van der Waals surface area contributed by atoms with Crippen LogP contribution < -0.4 is 4.74 Å². The molecule has 0 aliphatic carbocycles. The van der Waals surface area contributed by atoms with Crippen LogP contribution in [0.25, 0.3) is 0 Å². The fraction of sp³-hybridized carbons (Fsp3) is 0.333. The van der Waals surface area contributed by atoms with Gasteiger partial charge >= 0.3 is 0 Å². The smallest absolute Gasteiger partial charge is 0.126 e. The zero-order valence-electron chi connectivity index (χ0n) is 8.22. The average Bonchev–Trinajstić information content (AvgIpc) is 2.18. The van der Waals surface area contributed by atoms with Crippen molar-refractivity contribution in [2.75, 3.05) is 6.61 Å². The third kappa shape index (κ3) is 3.95. The van der Waals surface area contributed by atoms with Gasteiger partial charge < -0.3 is 4.74 Å². The van der Waals surface area contributed by atoms with Crippen molar-refractivity contribution in [3.63, 3.8) is 0 Å². The predicted molar refractivity (Wildman–Crippen MR) is 54.6 cm³/mol. The van der Waals surface area contributed by atoms with Crippen LogP contribution in [0, 0.1) is 17.7 Å².